The van der Waals surface area contributed by atoms with Crippen LogP contribution in [0.1, 0.15) is 65.3 Å². The molecule has 3 aromatic carbocycles. The molecule has 0 spiro atoms. The van der Waals surface area contributed by atoms with Crippen LogP contribution in [-0.4, -0.2) is 43.7 Å². The van der Waals surface area contributed by atoms with Gasteiger partial charge in [0.1, 0.15) is 6.04 Å². The Hall–Kier alpha value is -5.09. The summed E-state index contributed by atoms with van der Waals surface area (Å²) in [6.07, 6.45) is 8.61. The fourth-order valence-corrected chi connectivity index (χ4v) is 6.43. The van der Waals surface area contributed by atoms with E-state index in [1.807, 2.05) is 52.5 Å². The first-order valence-corrected chi connectivity index (χ1v) is 16.0. The topological polar surface area (TPSA) is 126 Å². The van der Waals surface area contributed by atoms with Crippen LogP contribution in [0, 0.1) is 0 Å². The Morgan fingerprint density at radius 3 is 2.49 bits per heavy atom. The van der Waals surface area contributed by atoms with Crippen molar-refractivity contribution in [1.29, 1.82) is 0 Å². The lowest BCUT2D eigenvalue weighted by Crippen LogP contribution is -2.45. The molecule has 1 atom stereocenters. The fourth-order valence-electron chi connectivity index (χ4n) is 5.86. The summed E-state index contributed by atoms with van der Waals surface area (Å²) in [5, 5.41) is 22.5. The summed E-state index contributed by atoms with van der Waals surface area (Å²) in [4.78, 5) is 42.2. The van der Waals surface area contributed by atoms with E-state index in [2.05, 4.69) is 15.6 Å². The van der Waals surface area contributed by atoms with Gasteiger partial charge in [-0.2, -0.15) is 5.10 Å². The van der Waals surface area contributed by atoms with Gasteiger partial charge in [-0.3, -0.25) is 9.59 Å². The van der Waals surface area contributed by atoms with E-state index in [1.54, 1.807) is 35.8 Å². The second-order valence-electron chi connectivity index (χ2n) is 11.2. The summed E-state index contributed by atoms with van der Waals surface area (Å²) in [5.74, 6) is -1.41. The summed E-state index contributed by atoms with van der Waals surface area (Å²) in [6, 6.07) is 21.6. The first-order chi connectivity index (χ1) is 21.9. The number of nitrogens with one attached hydrogen (secondary N) is 2. The zero-order valence-corrected chi connectivity index (χ0v) is 25.4. The predicted molar refractivity (Wildman–Crippen MR) is 176 cm³/mol. The number of benzene rings is 3. The van der Waals surface area contributed by atoms with E-state index in [-0.39, 0.29) is 18.2 Å². The molecule has 2 aromatic heterocycles. The molecule has 228 valence electrons. The number of hydrogen-bond acceptors (Lipinski definition) is 6. The van der Waals surface area contributed by atoms with Crippen LogP contribution >= 0.6 is 11.3 Å². The Kier molecular flexibility index (Phi) is 9.11. The number of aliphatic carboxylic acids is 1. The maximum atomic E-state index is 13.6. The molecule has 1 aliphatic rings. The van der Waals surface area contributed by atoms with Crippen molar-refractivity contribution in [3.8, 4) is 5.69 Å². The van der Waals surface area contributed by atoms with E-state index in [9.17, 15) is 14.4 Å². The lowest BCUT2D eigenvalue weighted by molar-refractivity contribution is -0.131. The van der Waals surface area contributed by atoms with Crippen molar-refractivity contribution in [1.82, 2.24) is 20.1 Å². The van der Waals surface area contributed by atoms with E-state index < -0.39 is 12.0 Å². The van der Waals surface area contributed by atoms with Crippen molar-refractivity contribution in [3.05, 3.63) is 112 Å². The number of anilines is 1. The number of hydrogen-bond donors (Lipinski definition) is 3. The molecular formula is C35H33N5O4S. The minimum Gasteiger partial charge on any atom is -0.478 e. The van der Waals surface area contributed by atoms with Crippen molar-refractivity contribution >= 4 is 51.8 Å². The first-order valence-electron chi connectivity index (χ1n) is 15.0. The Balaban J connectivity index is 1.25. The Morgan fingerprint density at radius 2 is 1.78 bits per heavy atom. The summed E-state index contributed by atoms with van der Waals surface area (Å²) >= 11 is 1.42. The van der Waals surface area contributed by atoms with Gasteiger partial charge in [0.25, 0.3) is 5.91 Å². The fraction of sp³-hybridized carbons (Fsp3) is 0.229. The van der Waals surface area contributed by atoms with E-state index in [1.165, 1.54) is 42.4 Å². The lowest BCUT2D eigenvalue weighted by atomic mass is 9.85. The number of carboxylic acids is 1. The van der Waals surface area contributed by atoms with Gasteiger partial charge in [-0.15, -0.1) is 11.3 Å². The largest absolute Gasteiger partial charge is 0.478 e. The number of para-hydroxylation sites is 1. The van der Waals surface area contributed by atoms with Gasteiger partial charge in [-0.05, 0) is 60.9 Å². The molecule has 0 aliphatic heterocycles. The molecule has 0 bridgehead atoms. The minimum atomic E-state index is -1.04. The number of carbonyl (C=O) groups excluding carboxylic acids is 2. The smallest absolute Gasteiger partial charge is 0.328 e. The van der Waals surface area contributed by atoms with Gasteiger partial charge in [-0.25, -0.2) is 14.5 Å². The number of amides is 2. The molecule has 45 heavy (non-hydrogen) atoms. The molecule has 2 amide bonds. The van der Waals surface area contributed by atoms with E-state index in [4.69, 9.17) is 10.2 Å². The Morgan fingerprint density at radius 1 is 1.00 bits per heavy atom. The van der Waals surface area contributed by atoms with Crippen LogP contribution in [0.4, 0.5) is 5.69 Å². The third-order valence-corrected chi connectivity index (χ3v) is 8.71. The molecule has 0 radical (unpaired) electrons. The molecule has 3 N–H and O–H groups in total. The van der Waals surface area contributed by atoms with Gasteiger partial charge in [0.15, 0.2) is 0 Å². The average molecular weight is 620 g/mol. The molecule has 1 aliphatic carbocycles. The molecular weight excluding hydrogens is 586 g/mol. The van der Waals surface area contributed by atoms with Crippen LogP contribution in [0.3, 0.4) is 0 Å². The van der Waals surface area contributed by atoms with E-state index >= 15 is 0 Å². The van der Waals surface area contributed by atoms with Gasteiger partial charge in [-0.1, -0.05) is 55.7 Å². The number of carbonyl (C=O) groups is 3. The number of rotatable bonds is 10. The summed E-state index contributed by atoms with van der Waals surface area (Å²) in [6.45, 7) is 0. The zero-order chi connectivity index (χ0) is 31.2. The van der Waals surface area contributed by atoms with Gasteiger partial charge < -0.3 is 15.7 Å². The molecule has 10 heteroatoms. The second kappa shape index (κ2) is 13.7. The highest BCUT2D eigenvalue weighted by molar-refractivity contribution is 7.07. The SMILES string of the molecule is O=C(O)C=Cc1ccc(NC(=O)[C@H](Cc2cscn2)NC(=O)c2ccc3c(C4CCCCC4)n(-c4ccccc4)nc3c2)cc1. The van der Waals surface area contributed by atoms with Crippen molar-refractivity contribution in [3.63, 3.8) is 0 Å². The van der Waals surface area contributed by atoms with Crippen molar-refractivity contribution in [2.75, 3.05) is 5.32 Å². The molecule has 6 rings (SSSR count). The van der Waals surface area contributed by atoms with Crippen LogP contribution in [0.2, 0.25) is 0 Å². The zero-order valence-electron chi connectivity index (χ0n) is 24.6. The number of fused-ring (bicyclic) bond motifs is 1. The van der Waals surface area contributed by atoms with Gasteiger partial charge in [0, 0.05) is 40.4 Å². The number of carboxylic acid groups (broad SMARTS) is 1. The average Bonchev–Trinajstić information content (AvgIpc) is 3.72. The third-order valence-electron chi connectivity index (χ3n) is 8.08. The number of nitrogens with zero attached hydrogens (tertiary/aromatic N) is 3. The molecule has 2 heterocycles. The van der Waals surface area contributed by atoms with Crippen molar-refractivity contribution < 1.29 is 19.5 Å². The standard InChI is InChI=1S/C35H33N5O4S/c41-32(42)18-13-23-11-15-26(16-12-23)37-35(44)31(20-27-21-45-22-36-27)38-34(43)25-14-17-29-30(19-25)39-40(28-9-5-2-6-10-28)33(29)24-7-3-1-4-8-24/h2,5-6,9-19,21-22,24,31H,1,3-4,7-8,20H2,(H,37,44)(H,38,43)(H,41,42)/t31-/m0/s1. The summed E-state index contributed by atoms with van der Waals surface area (Å²) < 4.78 is 2.03. The van der Waals surface area contributed by atoms with E-state index in [0.717, 1.165) is 35.5 Å². The van der Waals surface area contributed by atoms with Crippen LogP contribution in [0.15, 0.2) is 89.8 Å². The highest BCUT2D eigenvalue weighted by Crippen LogP contribution is 2.38. The predicted octanol–water partition coefficient (Wildman–Crippen LogP) is 6.61. The summed E-state index contributed by atoms with van der Waals surface area (Å²) in [5.41, 5.74) is 6.93. The Bertz CT molecular complexity index is 1830. The lowest BCUT2D eigenvalue weighted by Gasteiger charge is -2.23. The maximum absolute atomic E-state index is 13.6. The number of aromatic nitrogens is 3. The third kappa shape index (κ3) is 7.18. The van der Waals surface area contributed by atoms with Gasteiger partial charge in [0.05, 0.1) is 28.1 Å². The summed E-state index contributed by atoms with van der Waals surface area (Å²) in [7, 11) is 0. The van der Waals surface area contributed by atoms with Crippen molar-refractivity contribution in [2.45, 2.75) is 50.5 Å². The normalized spacial score (nSPS) is 14.4. The highest BCUT2D eigenvalue weighted by Gasteiger charge is 2.26. The van der Waals surface area contributed by atoms with Crippen LogP contribution in [-0.2, 0) is 16.0 Å². The molecule has 5 aromatic rings. The van der Waals surface area contributed by atoms with Gasteiger partial charge in [0.2, 0.25) is 5.91 Å². The first kappa shape index (κ1) is 30.0. The maximum Gasteiger partial charge on any atom is 0.328 e. The quantitative estimate of drug-likeness (QED) is 0.151. The molecule has 9 nitrogen and oxygen atoms in total. The van der Waals surface area contributed by atoms with Crippen LogP contribution in [0.5, 0.6) is 0 Å². The number of thiazole rings is 1. The monoisotopic (exact) mass is 619 g/mol. The van der Waals surface area contributed by atoms with Gasteiger partial charge >= 0.3 is 5.97 Å². The second-order valence-corrected chi connectivity index (χ2v) is 11.9. The Labute approximate surface area is 264 Å². The molecule has 1 fully saturated rings. The molecule has 0 unspecified atom stereocenters. The highest BCUT2D eigenvalue weighted by atomic mass is 32.1. The van der Waals surface area contributed by atoms with E-state index in [0.29, 0.717) is 28.4 Å². The van der Waals surface area contributed by atoms with Crippen molar-refractivity contribution in [2.24, 2.45) is 0 Å². The van der Waals surface area contributed by atoms with Crippen LogP contribution < -0.4 is 10.6 Å². The molecule has 0 saturated heterocycles. The minimum absolute atomic E-state index is 0.219. The molecule has 1 saturated carbocycles. The van der Waals surface area contributed by atoms with Crippen LogP contribution in [0.25, 0.3) is 22.7 Å².